The van der Waals surface area contributed by atoms with Crippen molar-refractivity contribution in [2.24, 2.45) is 0 Å². The third kappa shape index (κ3) is 5.95. The first-order valence-electron chi connectivity index (χ1n) is 23.7. The summed E-state index contributed by atoms with van der Waals surface area (Å²) in [4.78, 5) is 5.27. The molecule has 5 heterocycles. The van der Waals surface area contributed by atoms with Crippen LogP contribution in [0.25, 0.3) is 149 Å². The van der Waals surface area contributed by atoms with Crippen molar-refractivity contribution in [3.63, 3.8) is 0 Å². The maximum Gasteiger partial charge on any atom is 0.136 e. The van der Waals surface area contributed by atoms with Gasteiger partial charge in [0.05, 0.1) is 22.4 Å². The van der Waals surface area contributed by atoms with E-state index in [2.05, 4.69) is 217 Å². The van der Waals surface area contributed by atoms with Crippen LogP contribution in [0.3, 0.4) is 0 Å². The molecule has 0 aliphatic rings. The molecule has 0 spiro atoms. The van der Waals surface area contributed by atoms with Gasteiger partial charge in [0.25, 0.3) is 0 Å². The van der Waals surface area contributed by atoms with Gasteiger partial charge < -0.3 is 17.8 Å². The summed E-state index contributed by atoms with van der Waals surface area (Å²) >= 11 is 0. The van der Waals surface area contributed by atoms with Gasteiger partial charge in [0.2, 0.25) is 0 Å². The highest BCUT2D eigenvalue weighted by atomic mass is 16.3. The van der Waals surface area contributed by atoms with E-state index in [1.807, 2.05) is 18.2 Å². The molecular weight excluding hydrogens is 857 g/mol. The van der Waals surface area contributed by atoms with Gasteiger partial charge in [0.1, 0.15) is 33.5 Å². The van der Waals surface area contributed by atoms with Crippen molar-refractivity contribution >= 4 is 87.6 Å². The molecule has 0 atom stereocenters. The quantitative estimate of drug-likeness (QED) is 0.167. The van der Waals surface area contributed by atoms with Gasteiger partial charge in [-0.15, -0.1) is 0 Å². The van der Waals surface area contributed by atoms with E-state index in [-0.39, 0.29) is 0 Å². The smallest absolute Gasteiger partial charge is 0.136 e. The van der Waals surface area contributed by atoms with Gasteiger partial charge >= 0.3 is 0 Å². The molecule has 0 saturated heterocycles. The molecule has 326 valence electrons. The molecular formula is C65H38N2O3. The van der Waals surface area contributed by atoms with Crippen molar-refractivity contribution in [2.45, 2.75) is 0 Å². The monoisotopic (exact) mass is 894 g/mol. The molecule has 0 amide bonds. The van der Waals surface area contributed by atoms with Gasteiger partial charge in [-0.3, -0.25) is 0 Å². The molecule has 0 radical (unpaired) electrons. The first-order valence-corrected chi connectivity index (χ1v) is 23.7. The number of fused-ring (bicyclic) bond motifs is 12. The van der Waals surface area contributed by atoms with Gasteiger partial charge in [0, 0.05) is 59.9 Å². The van der Waals surface area contributed by atoms with E-state index in [1.165, 1.54) is 21.8 Å². The van der Waals surface area contributed by atoms with Gasteiger partial charge in [-0.05, 0) is 130 Å². The third-order valence-corrected chi connectivity index (χ3v) is 14.2. The normalized spacial score (nSPS) is 12.0. The van der Waals surface area contributed by atoms with Crippen molar-refractivity contribution in [1.29, 1.82) is 0 Å². The number of nitrogens with zero attached hydrogens (tertiary/aromatic N) is 2. The Bertz CT molecular complexity index is 4590. The minimum absolute atomic E-state index is 0.829. The minimum atomic E-state index is 0.829. The fourth-order valence-electron chi connectivity index (χ4n) is 11.0. The molecule has 0 aliphatic carbocycles. The van der Waals surface area contributed by atoms with Crippen LogP contribution in [0.1, 0.15) is 0 Å². The Balaban J connectivity index is 0.853. The summed E-state index contributed by atoms with van der Waals surface area (Å²) in [6.07, 6.45) is 0. The molecule has 15 rings (SSSR count). The first-order chi connectivity index (χ1) is 34.7. The Morgan fingerprint density at radius 2 is 0.800 bits per heavy atom. The zero-order valence-corrected chi connectivity index (χ0v) is 37.6. The molecule has 15 aromatic rings. The van der Waals surface area contributed by atoms with Crippen LogP contribution in [0.4, 0.5) is 0 Å². The molecule has 0 aliphatic heterocycles. The summed E-state index contributed by atoms with van der Waals surface area (Å²) < 4.78 is 22.1. The van der Waals surface area contributed by atoms with Crippen molar-refractivity contribution in [2.75, 3.05) is 0 Å². The summed E-state index contributed by atoms with van der Waals surface area (Å²) in [7, 11) is 0. The Morgan fingerprint density at radius 3 is 1.64 bits per heavy atom. The number of pyridine rings is 1. The molecule has 0 fully saturated rings. The average molecular weight is 895 g/mol. The van der Waals surface area contributed by atoms with Crippen LogP contribution < -0.4 is 0 Å². The van der Waals surface area contributed by atoms with Crippen LogP contribution >= 0.6 is 0 Å². The largest absolute Gasteiger partial charge is 0.456 e. The number of hydrogen-bond acceptors (Lipinski definition) is 4. The van der Waals surface area contributed by atoms with E-state index in [0.717, 1.165) is 127 Å². The van der Waals surface area contributed by atoms with Crippen molar-refractivity contribution in [3.8, 4) is 61.6 Å². The van der Waals surface area contributed by atoms with Gasteiger partial charge in [0.15, 0.2) is 0 Å². The molecule has 0 saturated carbocycles. The van der Waals surface area contributed by atoms with E-state index in [1.54, 1.807) is 0 Å². The number of benzene rings is 10. The predicted molar refractivity (Wildman–Crippen MR) is 288 cm³/mol. The zero-order chi connectivity index (χ0) is 45.9. The summed E-state index contributed by atoms with van der Waals surface area (Å²) in [6.45, 7) is 0. The minimum Gasteiger partial charge on any atom is -0.456 e. The molecule has 5 aromatic heterocycles. The molecule has 0 N–H and O–H groups in total. The molecule has 5 nitrogen and oxygen atoms in total. The van der Waals surface area contributed by atoms with Gasteiger partial charge in [-0.2, -0.15) is 0 Å². The maximum absolute atomic E-state index is 6.72. The Hall–Kier alpha value is -9.45. The fourth-order valence-corrected chi connectivity index (χ4v) is 11.0. The second kappa shape index (κ2) is 15.0. The summed E-state index contributed by atoms with van der Waals surface area (Å²) in [6, 6.07) is 81.3. The number of aromatic nitrogens is 2. The van der Waals surface area contributed by atoms with Crippen molar-refractivity contribution < 1.29 is 13.3 Å². The fraction of sp³-hybridized carbons (Fsp3) is 0. The zero-order valence-electron chi connectivity index (χ0n) is 37.6. The lowest BCUT2D eigenvalue weighted by Gasteiger charge is -2.11. The van der Waals surface area contributed by atoms with Crippen LogP contribution in [0.5, 0.6) is 0 Å². The molecule has 0 bridgehead atoms. The number of hydrogen-bond donors (Lipinski definition) is 0. The van der Waals surface area contributed by atoms with E-state index < -0.39 is 0 Å². The number of furan rings is 3. The highest BCUT2D eigenvalue weighted by molar-refractivity contribution is 6.17. The van der Waals surface area contributed by atoms with Crippen LogP contribution in [0, 0.1) is 0 Å². The first kappa shape index (κ1) is 38.6. The topological polar surface area (TPSA) is 57.2 Å². The van der Waals surface area contributed by atoms with Crippen LogP contribution in [-0.4, -0.2) is 9.55 Å². The number of rotatable bonds is 6. The van der Waals surface area contributed by atoms with Crippen LogP contribution in [0.2, 0.25) is 0 Å². The predicted octanol–water partition coefficient (Wildman–Crippen LogP) is 18.2. The Labute approximate surface area is 400 Å². The molecule has 10 aromatic carbocycles. The lowest BCUT2D eigenvalue weighted by molar-refractivity contribution is 0.668. The molecule has 70 heavy (non-hydrogen) atoms. The van der Waals surface area contributed by atoms with Crippen LogP contribution in [0.15, 0.2) is 244 Å². The van der Waals surface area contributed by atoms with E-state index >= 15 is 0 Å². The summed E-state index contributed by atoms with van der Waals surface area (Å²) in [5.74, 6) is 0. The third-order valence-electron chi connectivity index (χ3n) is 14.2. The van der Waals surface area contributed by atoms with E-state index in [9.17, 15) is 0 Å². The van der Waals surface area contributed by atoms with Crippen LogP contribution in [-0.2, 0) is 0 Å². The lowest BCUT2D eigenvalue weighted by Crippen LogP contribution is -1.92. The summed E-state index contributed by atoms with van der Waals surface area (Å²) in [5, 5.41) is 8.91. The molecule has 5 heteroatoms. The van der Waals surface area contributed by atoms with Crippen molar-refractivity contribution in [1.82, 2.24) is 9.55 Å². The average Bonchev–Trinajstić information content (AvgIpc) is 4.19. The second-order valence-corrected chi connectivity index (χ2v) is 18.2. The Morgan fingerprint density at radius 1 is 0.271 bits per heavy atom. The highest BCUT2D eigenvalue weighted by Gasteiger charge is 2.20. The molecule has 0 unspecified atom stereocenters. The van der Waals surface area contributed by atoms with E-state index in [4.69, 9.17) is 18.2 Å². The number of para-hydroxylation sites is 3. The lowest BCUT2D eigenvalue weighted by atomic mass is 9.94. The standard InChI is InChI=1S/C65H38N2O3/c1-3-13-39(14-4-1)54-35-44(36-55(66-54)43-26-29-50-49-18-8-10-22-58(49)69-62(50)38-43)47-20-12-24-61-65(47)53-34-42(28-32-59(53)68-61)46-19-11-23-60-64(46)51-30-25-41(37-63(51)70-60)40-27-31-57-52(33-40)48-17-7-9-21-56(48)67(57)45-15-5-2-6-16-45/h1-38H. The Kier molecular flexibility index (Phi) is 8.29. The second-order valence-electron chi connectivity index (χ2n) is 18.2. The SMILES string of the molecule is c1ccc(-c2cc(-c3cccc4oc5ccc(-c6cccc7oc8cc(-c9ccc%10c(c9)c9ccccc9n%10-c9ccccc9)ccc8c67)cc5c34)cc(-c3ccc4c(c3)oc3ccccc34)n2)cc1. The van der Waals surface area contributed by atoms with Gasteiger partial charge in [-0.25, -0.2) is 4.98 Å². The summed E-state index contributed by atoms with van der Waals surface area (Å²) in [5.41, 5.74) is 18.9. The van der Waals surface area contributed by atoms with E-state index in [0.29, 0.717) is 0 Å². The maximum atomic E-state index is 6.72. The van der Waals surface area contributed by atoms with Crippen molar-refractivity contribution in [3.05, 3.63) is 231 Å². The van der Waals surface area contributed by atoms with Gasteiger partial charge in [-0.1, -0.05) is 133 Å². The highest BCUT2D eigenvalue weighted by Crippen LogP contribution is 2.44.